The Kier molecular flexibility index (Phi) is 5.86. The van der Waals surface area contributed by atoms with Crippen LogP contribution in [0.5, 0.6) is 0 Å². The summed E-state index contributed by atoms with van der Waals surface area (Å²) in [6.45, 7) is 9.55. The molecule has 24 heavy (non-hydrogen) atoms. The van der Waals surface area contributed by atoms with Gasteiger partial charge in [-0.1, -0.05) is 45.9 Å². The van der Waals surface area contributed by atoms with Crippen molar-refractivity contribution in [2.24, 2.45) is 16.6 Å². The lowest BCUT2D eigenvalue weighted by molar-refractivity contribution is 0.251. The van der Waals surface area contributed by atoms with Crippen LogP contribution in [0, 0.1) is 5.92 Å². The molecule has 5 nitrogen and oxygen atoms in total. The average Bonchev–Trinajstić information content (AvgIpc) is 3.35. The van der Waals surface area contributed by atoms with Crippen LogP contribution in [0.1, 0.15) is 63.5 Å². The van der Waals surface area contributed by atoms with Gasteiger partial charge in [0.1, 0.15) is 0 Å². The smallest absolute Gasteiger partial charge is 0.343 e. The summed E-state index contributed by atoms with van der Waals surface area (Å²) in [5, 5.41) is 2.51. The maximum absolute atomic E-state index is 11.7. The Hall–Kier alpha value is -2.04. The molecule has 1 saturated carbocycles. The number of amides is 2. The summed E-state index contributed by atoms with van der Waals surface area (Å²) in [7, 11) is 1.56. The summed E-state index contributed by atoms with van der Waals surface area (Å²) in [5.41, 5.74) is 9.87. The molecule has 1 fully saturated rings. The van der Waals surface area contributed by atoms with Crippen molar-refractivity contribution in [2.75, 3.05) is 18.5 Å². The van der Waals surface area contributed by atoms with Gasteiger partial charge < -0.3 is 16.0 Å². The first kappa shape index (κ1) is 18.3. The molecule has 2 rings (SSSR count). The fourth-order valence-electron chi connectivity index (χ4n) is 2.90. The quantitative estimate of drug-likeness (QED) is 0.637. The third kappa shape index (κ3) is 4.28. The van der Waals surface area contributed by atoms with Gasteiger partial charge in [-0.25, -0.2) is 4.79 Å². The monoisotopic (exact) mass is 330 g/mol. The van der Waals surface area contributed by atoms with Crippen LogP contribution in [0.15, 0.2) is 23.2 Å². The zero-order valence-electron chi connectivity index (χ0n) is 15.5. The Morgan fingerprint density at radius 1 is 1.25 bits per heavy atom. The largest absolute Gasteiger partial charge is 0.369 e. The molecule has 3 N–H and O–H groups in total. The number of rotatable bonds is 5. The Bertz CT molecular complexity index is 592. The highest BCUT2D eigenvalue weighted by atomic mass is 16.2. The van der Waals surface area contributed by atoms with E-state index >= 15 is 0 Å². The van der Waals surface area contributed by atoms with Crippen molar-refractivity contribution in [3.63, 3.8) is 0 Å². The SMILES string of the molecule is CNC(=O)N=C(N)N(CC1CC1)c1c(C(C)C)cccc1C(C)C. The molecule has 1 aliphatic carbocycles. The van der Waals surface area contributed by atoms with Crippen molar-refractivity contribution in [1.82, 2.24) is 5.32 Å². The van der Waals surface area contributed by atoms with Gasteiger partial charge in [0, 0.05) is 13.6 Å². The molecule has 2 amide bonds. The third-order valence-corrected chi connectivity index (χ3v) is 4.46. The maximum Gasteiger partial charge on any atom is 0.343 e. The second-order valence-corrected chi connectivity index (χ2v) is 7.17. The number of nitrogens with zero attached hydrogens (tertiary/aromatic N) is 2. The van der Waals surface area contributed by atoms with Crippen molar-refractivity contribution in [1.29, 1.82) is 0 Å². The van der Waals surface area contributed by atoms with Crippen molar-refractivity contribution >= 4 is 17.7 Å². The third-order valence-electron chi connectivity index (χ3n) is 4.46. The van der Waals surface area contributed by atoms with Crippen LogP contribution in [0.25, 0.3) is 0 Å². The van der Waals surface area contributed by atoms with E-state index in [0.29, 0.717) is 17.8 Å². The summed E-state index contributed by atoms with van der Waals surface area (Å²) in [4.78, 5) is 17.8. The normalized spacial score (nSPS) is 15.0. The maximum atomic E-state index is 11.7. The van der Waals surface area contributed by atoms with Crippen LogP contribution in [-0.2, 0) is 0 Å². The highest BCUT2D eigenvalue weighted by Crippen LogP contribution is 2.38. The second kappa shape index (κ2) is 7.69. The van der Waals surface area contributed by atoms with Gasteiger partial charge in [0.15, 0.2) is 0 Å². The molecule has 132 valence electrons. The van der Waals surface area contributed by atoms with E-state index < -0.39 is 6.03 Å². The fraction of sp³-hybridized carbons (Fsp3) is 0.579. The van der Waals surface area contributed by atoms with Crippen LogP contribution in [0.2, 0.25) is 0 Å². The van der Waals surface area contributed by atoms with Gasteiger partial charge in [-0.3, -0.25) is 0 Å². The minimum Gasteiger partial charge on any atom is -0.369 e. The van der Waals surface area contributed by atoms with E-state index in [1.165, 1.54) is 24.0 Å². The zero-order valence-corrected chi connectivity index (χ0v) is 15.5. The number of carbonyl (C=O) groups is 1. The number of carbonyl (C=O) groups excluding carboxylic acids is 1. The number of aliphatic imine (C=N–C) groups is 1. The Morgan fingerprint density at radius 2 is 1.79 bits per heavy atom. The van der Waals surface area contributed by atoms with E-state index in [4.69, 9.17) is 5.73 Å². The van der Waals surface area contributed by atoms with Gasteiger partial charge in [-0.05, 0) is 41.7 Å². The highest BCUT2D eigenvalue weighted by Gasteiger charge is 2.29. The Labute approximate surface area is 145 Å². The number of nitrogens with two attached hydrogens (primary N) is 1. The van der Waals surface area contributed by atoms with Crippen LogP contribution in [0.3, 0.4) is 0 Å². The number of nitrogens with one attached hydrogen (secondary N) is 1. The predicted molar refractivity (Wildman–Crippen MR) is 101 cm³/mol. The molecule has 0 atom stereocenters. The lowest BCUT2D eigenvalue weighted by atomic mass is 9.92. The van der Waals surface area contributed by atoms with Gasteiger partial charge in [0.05, 0.1) is 5.69 Å². The first-order valence-corrected chi connectivity index (χ1v) is 8.81. The summed E-state index contributed by atoms with van der Waals surface area (Å²) in [6, 6.07) is 5.99. The van der Waals surface area contributed by atoms with Crippen LogP contribution in [-0.4, -0.2) is 25.6 Å². The molecule has 0 radical (unpaired) electrons. The summed E-state index contributed by atoms with van der Waals surface area (Å²) < 4.78 is 0. The standard InChI is InChI=1S/C19H30N4O/c1-12(2)15-7-6-8-16(13(3)4)17(15)23(11-14-9-10-14)18(20)22-19(24)21-5/h6-8,12-14H,9-11H2,1-5H3,(H3,20,21,22,24). The second-order valence-electron chi connectivity index (χ2n) is 7.17. The summed E-state index contributed by atoms with van der Waals surface area (Å²) >= 11 is 0. The topological polar surface area (TPSA) is 70.7 Å². The van der Waals surface area contributed by atoms with E-state index in [1.807, 2.05) is 0 Å². The number of hydrogen-bond acceptors (Lipinski definition) is 1. The van der Waals surface area contributed by atoms with Crippen molar-refractivity contribution in [3.05, 3.63) is 29.3 Å². The molecular formula is C19H30N4O. The van der Waals surface area contributed by atoms with Gasteiger partial charge >= 0.3 is 6.03 Å². The molecule has 1 aromatic carbocycles. The molecule has 0 unspecified atom stereocenters. The Morgan fingerprint density at radius 3 is 2.21 bits per heavy atom. The van der Waals surface area contributed by atoms with Crippen molar-refractivity contribution in [2.45, 2.75) is 52.4 Å². The lowest BCUT2D eigenvalue weighted by Crippen LogP contribution is -2.41. The fourth-order valence-corrected chi connectivity index (χ4v) is 2.90. The molecule has 1 aromatic rings. The van der Waals surface area contributed by atoms with Gasteiger partial charge in [-0.15, -0.1) is 0 Å². The molecule has 0 aliphatic heterocycles. The summed E-state index contributed by atoms with van der Waals surface area (Å²) in [5.74, 6) is 1.64. The minimum absolute atomic E-state index is 0.274. The molecule has 5 heteroatoms. The first-order valence-electron chi connectivity index (χ1n) is 8.81. The van der Waals surface area contributed by atoms with Crippen LogP contribution >= 0.6 is 0 Å². The van der Waals surface area contributed by atoms with Gasteiger partial charge in [0.25, 0.3) is 0 Å². The van der Waals surface area contributed by atoms with E-state index in [-0.39, 0.29) is 5.96 Å². The number of anilines is 1. The van der Waals surface area contributed by atoms with E-state index in [1.54, 1.807) is 7.05 Å². The minimum atomic E-state index is -0.415. The average molecular weight is 330 g/mol. The molecule has 0 heterocycles. The molecular weight excluding hydrogens is 300 g/mol. The molecule has 0 saturated heterocycles. The molecule has 1 aliphatic rings. The summed E-state index contributed by atoms with van der Waals surface area (Å²) in [6.07, 6.45) is 2.43. The number of guanidine groups is 1. The van der Waals surface area contributed by atoms with E-state index in [0.717, 1.165) is 12.2 Å². The van der Waals surface area contributed by atoms with Crippen molar-refractivity contribution < 1.29 is 4.79 Å². The predicted octanol–water partition coefficient (Wildman–Crippen LogP) is 3.80. The van der Waals surface area contributed by atoms with Crippen LogP contribution in [0.4, 0.5) is 10.5 Å². The molecule has 0 spiro atoms. The van der Waals surface area contributed by atoms with E-state index in [2.05, 4.69) is 61.1 Å². The number of hydrogen-bond donors (Lipinski definition) is 2. The zero-order chi connectivity index (χ0) is 17.9. The highest BCUT2D eigenvalue weighted by molar-refractivity contribution is 6.02. The van der Waals surface area contributed by atoms with Gasteiger partial charge in [-0.2, -0.15) is 4.99 Å². The first-order chi connectivity index (χ1) is 11.3. The number of benzene rings is 1. The molecule has 0 aromatic heterocycles. The van der Waals surface area contributed by atoms with E-state index in [9.17, 15) is 4.79 Å². The van der Waals surface area contributed by atoms with Gasteiger partial charge in [0.2, 0.25) is 5.96 Å². The lowest BCUT2D eigenvalue weighted by Gasteiger charge is -2.31. The van der Waals surface area contributed by atoms with Crippen LogP contribution < -0.4 is 16.0 Å². The number of para-hydroxylation sites is 1. The van der Waals surface area contributed by atoms with Crippen molar-refractivity contribution in [3.8, 4) is 0 Å². The Balaban J connectivity index is 2.55. The number of urea groups is 1. The molecule has 0 bridgehead atoms.